The molecular formula is C19H30N2O. The fourth-order valence-electron chi connectivity index (χ4n) is 3.50. The molecular weight excluding hydrogens is 272 g/mol. The van der Waals surface area contributed by atoms with Crippen LogP contribution >= 0.6 is 0 Å². The first-order valence-electron chi connectivity index (χ1n) is 8.66. The number of hydrogen-bond acceptors (Lipinski definition) is 2. The Bertz CT molecular complexity index is 436. The summed E-state index contributed by atoms with van der Waals surface area (Å²) in [5, 5.41) is 3.05. The van der Waals surface area contributed by atoms with Gasteiger partial charge < -0.3 is 10.2 Å². The molecule has 0 aliphatic carbocycles. The highest BCUT2D eigenvalue weighted by Crippen LogP contribution is 2.20. The quantitative estimate of drug-likeness (QED) is 0.785. The highest BCUT2D eigenvalue weighted by atomic mass is 16.1. The summed E-state index contributed by atoms with van der Waals surface area (Å²) in [4.78, 5) is 14.4. The van der Waals surface area contributed by atoms with Gasteiger partial charge in [0.25, 0.3) is 0 Å². The van der Waals surface area contributed by atoms with Crippen LogP contribution < -0.4 is 5.32 Å². The van der Waals surface area contributed by atoms with E-state index in [-0.39, 0.29) is 5.91 Å². The zero-order valence-corrected chi connectivity index (χ0v) is 14.1. The van der Waals surface area contributed by atoms with Gasteiger partial charge in [-0.1, -0.05) is 44.2 Å². The number of rotatable bonds is 7. The molecule has 0 radical (unpaired) electrons. The van der Waals surface area contributed by atoms with Gasteiger partial charge in [0.15, 0.2) is 0 Å². The second-order valence-corrected chi connectivity index (χ2v) is 6.89. The van der Waals surface area contributed by atoms with Crippen LogP contribution in [0.5, 0.6) is 0 Å². The zero-order chi connectivity index (χ0) is 15.8. The Hall–Kier alpha value is -1.35. The Balaban J connectivity index is 1.55. The van der Waals surface area contributed by atoms with Crippen molar-refractivity contribution in [2.24, 2.45) is 11.8 Å². The first-order valence-corrected chi connectivity index (χ1v) is 8.66. The van der Waals surface area contributed by atoms with Crippen LogP contribution in [0.2, 0.25) is 0 Å². The molecule has 3 nitrogen and oxygen atoms in total. The number of nitrogens with one attached hydrogen (secondary N) is 1. The molecule has 0 bridgehead atoms. The average Bonchev–Trinajstić information content (AvgIpc) is 2.50. The van der Waals surface area contributed by atoms with Crippen molar-refractivity contribution in [1.29, 1.82) is 0 Å². The van der Waals surface area contributed by atoms with Crippen LogP contribution in [0, 0.1) is 11.8 Å². The number of nitrogens with zero attached hydrogens (tertiary/aromatic N) is 1. The van der Waals surface area contributed by atoms with Crippen molar-refractivity contribution in [2.75, 3.05) is 26.2 Å². The monoisotopic (exact) mass is 302 g/mol. The van der Waals surface area contributed by atoms with Gasteiger partial charge in [0.2, 0.25) is 5.91 Å². The van der Waals surface area contributed by atoms with Gasteiger partial charge in [-0.05, 0) is 43.2 Å². The van der Waals surface area contributed by atoms with Crippen LogP contribution in [-0.2, 0) is 11.2 Å². The van der Waals surface area contributed by atoms with Crippen LogP contribution in [-0.4, -0.2) is 37.0 Å². The Morgan fingerprint density at radius 2 is 1.86 bits per heavy atom. The number of piperidine rings is 1. The average molecular weight is 302 g/mol. The molecule has 1 fully saturated rings. The molecule has 1 aliphatic rings. The van der Waals surface area contributed by atoms with E-state index in [0.717, 1.165) is 37.8 Å². The van der Waals surface area contributed by atoms with Crippen LogP contribution in [0.1, 0.15) is 38.7 Å². The van der Waals surface area contributed by atoms with Crippen LogP contribution in [0.25, 0.3) is 0 Å². The molecule has 0 spiro atoms. The summed E-state index contributed by atoms with van der Waals surface area (Å²) in [5.74, 6) is 1.79. The van der Waals surface area contributed by atoms with Crippen LogP contribution in [0.3, 0.4) is 0 Å². The number of carbonyl (C=O) groups excluding carboxylic acids is 1. The molecule has 22 heavy (non-hydrogen) atoms. The molecule has 1 N–H and O–H groups in total. The molecule has 1 aromatic rings. The summed E-state index contributed by atoms with van der Waals surface area (Å²) in [6.45, 7) is 9.02. The highest BCUT2D eigenvalue weighted by Gasteiger charge is 2.20. The van der Waals surface area contributed by atoms with Gasteiger partial charge in [-0.3, -0.25) is 4.79 Å². The molecule has 0 saturated carbocycles. The second kappa shape index (κ2) is 8.94. The number of hydrogen-bond donors (Lipinski definition) is 1. The van der Waals surface area contributed by atoms with Crippen molar-refractivity contribution in [2.45, 2.75) is 39.5 Å². The smallest absolute Gasteiger partial charge is 0.220 e. The standard InChI is InChI=1S/C19H30N2O/c1-16-13-17(2)15-21(14-16)12-6-11-20-19(22)10-9-18-7-4-3-5-8-18/h3-5,7-8,16-17H,6,9-15H2,1-2H3,(H,20,22)/t16-,17+. The summed E-state index contributed by atoms with van der Waals surface area (Å²) < 4.78 is 0. The topological polar surface area (TPSA) is 32.3 Å². The molecule has 0 aromatic heterocycles. The van der Waals surface area contributed by atoms with E-state index < -0.39 is 0 Å². The van der Waals surface area contributed by atoms with Gasteiger partial charge in [-0.25, -0.2) is 0 Å². The normalized spacial score (nSPS) is 22.5. The lowest BCUT2D eigenvalue weighted by molar-refractivity contribution is -0.121. The lowest BCUT2D eigenvalue weighted by Crippen LogP contribution is -2.40. The van der Waals surface area contributed by atoms with E-state index >= 15 is 0 Å². The second-order valence-electron chi connectivity index (χ2n) is 6.89. The van der Waals surface area contributed by atoms with Crippen LogP contribution in [0.15, 0.2) is 30.3 Å². The molecule has 3 heteroatoms. The molecule has 1 aliphatic heterocycles. The highest BCUT2D eigenvalue weighted by molar-refractivity contribution is 5.76. The minimum Gasteiger partial charge on any atom is -0.356 e. The third-order valence-electron chi connectivity index (χ3n) is 4.40. The number of benzene rings is 1. The van der Waals surface area contributed by atoms with E-state index in [1.54, 1.807) is 0 Å². The third-order valence-corrected chi connectivity index (χ3v) is 4.40. The summed E-state index contributed by atoms with van der Waals surface area (Å²) in [5.41, 5.74) is 1.23. The summed E-state index contributed by atoms with van der Waals surface area (Å²) in [6, 6.07) is 10.2. The van der Waals surface area contributed by atoms with Gasteiger partial charge in [0.1, 0.15) is 0 Å². The van der Waals surface area contributed by atoms with Crippen molar-refractivity contribution in [3.05, 3.63) is 35.9 Å². The fourth-order valence-corrected chi connectivity index (χ4v) is 3.50. The Morgan fingerprint density at radius 3 is 2.55 bits per heavy atom. The maximum absolute atomic E-state index is 11.8. The first-order chi connectivity index (χ1) is 10.6. The third kappa shape index (κ3) is 6.18. The molecule has 1 amide bonds. The van der Waals surface area contributed by atoms with Crippen molar-refractivity contribution >= 4 is 5.91 Å². The molecule has 0 unspecified atom stereocenters. The molecule has 1 saturated heterocycles. The minimum absolute atomic E-state index is 0.171. The Morgan fingerprint density at radius 1 is 1.18 bits per heavy atom. The molecule has 2 atom stereocenters. The van der Waals surface area contributed by atoms with Crippen molar-refractivity contribution in [3.63, 3.8) is 0 Å². The lowest BCUT2D eigenvalue weighted by Gasteiger charge is -2.34. The van der Waals surface area contributed by atoms with E-state index in [4.69, 9.17) is 0 Å². The Kier molecular flexibility index (Phi) is 6.91. The van der Waals surface area contributed by atoms with Gasteiger partial charge in [0.05, 0.1) is 0 Å². The van der Waals surface area contributed by atoms with Gasteiger partial charge in [-0.2, -0.15) is 0 Å². The predicted octanol–water partition coefficient (Wildman–Crippen LogP) is 3.10. The van der Waals surface area contributed by atoms with Gasteiger partial charge in [0, 0.05) is 26.1 Å². The van der Waals surface area contributed by atoms with E-state index in [2.05, 4.69) is 36.2 Å². The summed E-state index contributed by atoms with van der Waals surface area (Å²) >= 11 is 0. The number of likely N-dealkylation sites (tertiary alicyclic amines) is 1. The summed E-state index contributed by atoms with van der Waals surface area (Å²) in [7, 11) is 0. The molecule has 1 aromatic carbocycles. The molecule has 2 rings (SSSR count). The fraction of sp³-hybridized carbons (Fsp3) is 0.632. The van der Waals surface area contributed by atoms with E-state index in [1.807, 2.05) is 18.2 Å². The van der Waals surface area contributed by atoms with E-state index in [0.29, 0.717) is 6.42 Å². The van der Waals surface area contributed by atoms with Gasteiger partial charge >= 0.3 is 0 Å². The van der Waals surface area contributed by atoms with Crippen molar-refractivity contribution < 1.29 is 4.79 Å². The van der Waals surface area contributed by atoms with Crippen molar-refractivity contribution in [1.82, 2.24) is 10.2 Å². The van der Waals surface area contributed by atoms with Gasteiger partial charge in [-0.15, -0.1) is 0 Å². The van der Waals surface area contributed by atoms with E-state index in [1.165, 1.54) is 25.1 Å². The van der Waals surface area contributed by atoms with Crippen LogP contribution in [0.4, 0.5) is 0 Å². The number of aryl methyl sites for hydroxylation is 1. The lowest BCUT2D eigenvalue weighted by atomic mass is 9.92. The van der Waals surface area contributed by atoms with E-state index in [9.17, 15) is 4.79 Å². The molecule has 122 valence electrons. The predicted molar refractivity (Wildman–Crippen MR) is 91.8 cm³/mol. The maximum atomic E-state index is 11.8. The minimum atomic E-state index is 0.171. The first kappa shape index (κ1) is 17.0. The number of carbonyl (C=O) groups is 1. The molecule has 1 heterocycles. The van der Waals surface area contributed by atoms with Crippen molar-refractivity contribution in [3.8, 4) is 0 Å². The largest absolute Gasteiger partial charge is 0.356 e. The zero-order valence-electron chi connectivity index (χ0n) is 14.1. The Labute approximate surface area is 135 Å². The maximum Gasteiger partial charge on any atom is 0.220 e. The summed E-state index contributed by atoms with van der Waals surface area (Å²) in [6.07, 6.45) is 3.82. The number of amides is 1. The SMILES string of the molecule is C[C@@H]1C[C@H](C)CN(CCCNC(=O)CCc2ccccc2)C1.